The number of alkyl halides is 1. The highest BCUT2D eigenvalue weighted by Gasteiger charge is 2.28. The Morgan fingerprint density at radius 3 is 1.96 bits per heavy atom. The summed E-state index contributed by atoms with van der Waals surface area (Å²) in [5.74, 6) is -0.450. The first-order valence-electron chi connectivity index (χ1n) is 7.35. The lowest BCUT2D eigenvalue weighted by Crippen LogP contribution is -2.19. The second-order valence-corrected chi connectivity index (χ2v) is 7.78. The average Bonchev–Trinajstić information content (AvgIpc) is 2.41. The summed E-state index contributed by atoms with van der Waals surface area (Å²) in [6.45, 7) is 11.8. The van der Waals surface area contributed by atoms with Crippen LogP contribution in [0.25, 0.3) is 0 Å². The molecular formula is C17H25ClN2O3. The van der Waals surface area contributed by atoms with E-state index in [1.54, 1.807) is 12.1 Å². The van der Waals surface area contributed by atoms with E-state index in [2.05, 4.69) is 5.16 Å². The van der Waals surface area contributed by atoms with Crippen LogP contribution in [-0.2, 0) is 15.7 Å². The van der Waals surface area contributed by atoms with Crippen molar-refractivity contribution in [2.75, 3.05) is 5.88 Å². The number of phenolic OH excluding ortho intramolecular Hbond substituents is 1. The van der Waals surface area contributed by atoms with E-state index in [4.69, 9.17) is 22.2 Å². The summed E-state index contributed by atoms with van der Waals surface area (Å²) in [5.41, 5.74) is 6.41. The lowest BCUT2D eigenvalue weighted by atomic mass is 9.78. The molecule has 23 heavy (non-hydrogen) atoms. The lowest BCUT2D eigenvalue weighted by Gasteiger charge is -2.27. The number of oxime groups is 1. The molecule has 1 rings (SSSR count). The maximum absolute atomic E-state index is 12.2. The van der Waals surface area contributed by atoms with E-state index in [1.807, 2.05) is 41.5 Å². The van der Waals surface area contributed by atoms with Crippen LogP contribution in [-0.4, -0.2) is 22.8 Å². The van der Waals surface area contributed by atoms with Crippen molar-refractivity contribution in [2.24, 2.45) is 10.9 Å². The molecule has 0 aromatic heterocycles. The van der Waals surface area contributed by atoms with Gasteiger partial charge in [-0.25, -0.2) is 4.79 Å². The molecule has 0 radical (unpaired) electrons. The fourth-order valence-corrected chi connectivity index (χ4v) is 2.12. The predicted molar refractivity (Wildman–Crippen MR) is 93.3 cm³/mol. The Bertz CT molecular complexity index is 591. The molecule has 0 aliphatic heterocycles. The lowest BCUT2D eigenvalue weighted by molar-refractivity contribution is 0.0515. The number of nitrogens with zero attached hydrogens (tertiary/aromatic N) is 1. The summed E-state index contributed by atoms with van der Waals surface area (Å²) < 4.78 is 0. The number of hydrogen-bond donors (Lipinski definition) is 2. The highest BCUT2D eigenvalue weighted by Crippen LogP contribution is 2.39. The zero-order valence-corrected chi connectivity index (χ0v) is 15.3. The number of amidine groups is 1. The zero-order valence-electron chi connectivity index (χ0n) is 14.5. The van der Waals surface area contributed by atoms with Gasteiger partial charge in [0.05, 0.1) is 11.4 Å². The maximum Gasteiger partial charge on any atom is 0.365 e. The van der Waals surface area contributed by atoms with Crippen LogP contribution in [0.2, 0.25) is 0 Å². The fourth-order valence-electron chi connectivity index (χ4n) is 2.07. The summed E-state index contributed by atoms with van der Waals surface area (Å²) in [6, 6.07) is 3.25. The van der Waals surface area contributed by atoms with Gasteiger partial charge in [0.1, 0.15) is 5.75 Å². The molecular weight excluding hydrogens is 316 g/mol. The van der Waals surface area contributed by atoms with Crippen LogP contribution in [0.4, 0.5) is 0 Å². The van der Waals surface area contributed by atoms with E-state index < -0.39 is 5.97 Å². The van der Waals surface area contributed by atoms with Crippen molar-refractivity contribution < 1.29 is 14.7 Å². The quantitative estimate of drug-likeness (QED) is 0.289. The van der Waals surface area contributed by atoms with Crippen molar-refractivity contribution in [1.82, 2.24) is 0 Å². The Morgan fingerprint density at radius 2 is 1.61 bits per heavy atom. The Hall–Kier alpha value is -1.75. The molecule has 0 fully saturated rings. The normalized spacial score (nSPS) is 13.1. The zero-order chi connectivity index (χ0) is 18.0. The van der Waals surface area contributed by atoms with Gasteiger partial charge in [-0.3, -0.25) is 0 Å². The highest BCUT2D eigenvalue weighted by molar-refractivity contribution is 6.27. The average molecular weight is 341 g/mol. The van der Waals surface area contributed by atoms with Crippen molar-refractivity contribution in [1.29, 1.82) is 0 Å². The van der Waals surface area contributed by atoms with Crippen molar-refractivity contribution in [3.63, 3.8) is 0 Å². The van der Waals surface area contributed by atoms with Crippen molar-refractivity contribution in [3.8, 4) is 5.75 Å². The molecule has 0 unspecified atom stereocenters. The minimum Gasteiger partial charge on any atom is -0.507 e. The smallest absolute Gasteiger partial charge is 0.365 e. The molecule has 1 aromatic rings. The first kappa shape index (κ1) is 19.3. The van der Waals surface area contributed by atoms with E-state index in [0.29, 0.717) is 16.7 Å². The van der Waals surface area contributed by atoms with Crippen LogP contribution in [0.1, 0.15) is 63.0 Å². The van der Waals surface area contributed by atoms with Gasteiger partial charge in [0.2, 0.25) is 0 Å². The molecule has 0 saturated carbocycles. The van der Waals surface area contributed by atoms with Crippen LogP contribution < -0.4 is 5.73 Å². The molecule has 0 saturated heterocycles. The first-order valence-corrected chi connectivity index (χ1v) is 7.89. The van der Waals surface area contributed by atoms with Crippen molar-refractivity contribution in [3.05, 3.63) is 28.8 Å². The number of nitrogens with two attached hydrogens (primary N) is 1. The molecule has 0 spiro atoms. The Morgan fingerprint density at radius 1 is 1.17 bits per heavy atom. The van der Waals surface area contributed by atoms with Gasteiger partial charge in [0.15, 0.2) is 5.84 Å². The van der Waals surface area contributed by atoms with E-state index in [1.165, 1.54) is 0 Å². The van der Waals surface area contributed by atoms with Crippen LogP contribution in [0.5, 0.6) is 5.75 Å². The largest absolute Gasteiger partial charge is 0.507 e. The monoisotopic (exact) mass is 340 g/mol. The van der Waals surface area contributed by atoms with Gasteiger partial charge in [-0.15, -0.1) is 11.6 Å². The summed E-state index contributed by atoms with van der Waals surface area (Å²) in [5, 5.41) is 14.1. The predicted octanol–water partition coefficient (Wildman–Crippen LogP) is 3.66. The Balaban J connectivity index is 3.42. The van der Waals surface area contributed by atoms with Gasteiger partial charge >= 0.3 is 5.97 Å². The minimum atomic E-state index is -0.644. The SMILES string of the molecule is CC(C)(C)c1cc(C(=O)O/N=C(/N)CCl)cc(C(C)(C)C)c1O. The molecule has 5 nitrogen and oxygen atoms in total. The van der Waals surface area contributed by atoms with E-state index in [9.17, 15) is 9.90 Å². The highest BCUT2D eigenvalue weighted by atomic mass is 35.5. The van der Waals surface area contributed by atoms with Gasteiger partial charge in [-0.1, -0.05) is 46.7 Å². The standard InChI is InChI=1S/C17H25ClN2O3/c1-16(2,3)11-7-10(15(22)23-20-13(19)9-18)8-12(14(11)21)17(4,5)6/h7-8,21H,9H2,1-6H3,(H2,19,20). The topological polar surface area (TPSA) is 84.9 Å². The third kappa shape index (κ3) is 4.86. The number of phenols is 1. The molecule has 0 heterocycles. The van der Waals surface area contributed by atoms with Crippen LogP contribution in [0.3, 0.4) is 0 Å². The van der Waals surface area contributed by atoms with Gasteiger partial charge < -0.3 is 15.7 Å². The van der Waals surface area contributed by atoms with Gasteiger partial charge in [0, 0.05) is 11.1 Å². The molecule has 0 aliphatic carbocycles. The summed E-state index contributed by atoms with van der Waals surface area (Å²) in [7, 11) is 0. The number of carbonyl (C=O) groups is 1. The van der Waals surface area contributed by atoms with Gasteiger partial charge in [-0.2, -0.15) is 0 Å². The van der Waals surface area contributed by atoms with Crippen LogP contribution >= 0.6 is 11.6 Å². The Kier molecular flexibility index (Phi) is 5.69. The maximum atomic E-state index is 12.2. The third-order valence-corrected chi connectivity index (χ3v) is 3.62. The number of aromatic hydroxyl groups is 1. The molecule has 6 heteroatoms. The van der Waals surface area contributed by atoms with Crippen molar-refractivity contribution in [2.45, 2.75) is 52.4 Å². The second-order valence-electron chi connectivity index (χ2n) is 7.51. The molecule has 0 bridgehead atoms. The van der Waals surface area contributed by atoms with Crippen molar-refractivity contribution >= 4 is 23.4 Å². The first-order chi connectivity index (χ1) is 10.4. The Labute approximate surface area is 142 Å². The second kappa shape index (κ2) is 6.79. The van der Waals surface area contributed by atoms with E-state index in [-0.39, 0.29) is 28.3 Å². The van der Waals surface area contributed by atoms with E-state index >= 15 is 0 Å². The van der Waals surface area contributed by atoms with Gasteiger partial charge in [0.25, 0.3) is 0 Å². The third-order valence-electron chi connectivity index (χ3n) is 3.34. The summed E-state index contributed by atoms with van der Waals surface area (Å²) in [6.07, 6.45) is 0. The summed E-state index contributed by atoms with van der Waals surface area (Å²) in [4.78, 5) is 17.0. The van der Waals surface area contributed by atoms with Gasteiger partial charge in [-0.05, 0) is 23.0 Å². The summed E-state index contributed by atoms with van der Waals surface area (Å²) >= 11 is 5.49. The molecule has 128 valence electrons. The minimum absolute atomic E-state index is 0.0193. The van der Waals surface area contributed by atoms with Crippen LogP contribution in [0, 0.1) is 0 Å². The molecule has 1 aromatic carbocycles. The van der Waals surface area contributed by atoms with E-state index in [0.717, 1.165) is 0 Å². The molecule has 0 aliphatic rings. The number of hydrogen-bond acceptors (Lipinski definition) is 4. The number of carbonyl (C=O) groups excluding carboxylic acids is 1. The molecule has 3 N–H and O–H groups in total. The molecule has 0 atom stereocenters. The molecule has 0 amide bonds. The fraction of sp³-hybridized carbons (Fsp3) is 0.529. The number of halogens is 1. The number of benzene rings is 1. The van der Waals surface area contributed by atoms with Crippen LogP contribution in [0.15, 0.2) is 17.3 Å². The number of rotatable bonds is 3.